The molecule has 27 heavy (non-hydrogen) atoms. The van der Waals surface area contributed by atoms with E-state index in [4.69, 9.17) is 9.47 Å². The van der Waals surface area contributed by atoms with Crippen LogP contribution in [0.5, 0.6) is 11.5 Å². The molecular formula is C19H28N2O5S. The van der Waals surface area contributed by atoms with E-state index in [0.717, 1.165) is 29.9 Å². The molecule has 1 saturated heterocycles. The molecule has 1 aromatic rings. The van der Waals surface area contributed by atoms with E-state index in [1.165, 1.54) is 0 Å². The van der Waals surface area contributed by atoms with Gasteiger partial charge in [-0.15, -0.1) is 0 Å². The summed E-state index contributed by atoms with van der Waals surface area (Å²) in [5, 5.41) is 0. The number of amides is 1. The molecule has 1 aliphatic carbocycles. The molecule has 1 unspecified atom stereocenters. The largest absolute Gasteiger partial charge is 0.497 e. The highest BCUT2D eigenvalue weighted by Gasteiger charge is 2.35. The Labute approximate surface area is 161 Å². The molecule has 2 fully saturated rings. The summed E-state index contributed by atoms with van der Waals surface area (Å²) in [6, 6.07) is 5.83. The Morgan fingerprint density at radius 2 is 1.89 bits per heavy atom. The van der Waals surface area contributed by atoms with Crippen molar-refractivity contribution in [1.29, 1.82) is 0 Å². The normalized spacial score (nSPS) is 21.3. The third-order valence-electron chi connectivity index (χ3n) is 5.41. The SMILES string of the molecule is COc1ccc(OC)c(CN(CC(=O)N(C)C2CCS(=O)(=O)C2)C2CC2)c1. The maximum Gasteiger partial charge on any atom is 0.236 e. The second-order valence-corrected chi connectivity index (χ2v) is 9.60. The van der Waals surface area contributed by atoms with Crippen LogP contribution >= 0.6 is 0 Å². The Morgan fingerprint density at radius 1 is 1.15 bits per heavy atom. The van der Waals surface area contributed by atoms with Gasteiger partial charge in [0.05, 0.1) is 32.3 Å². The molecule has 1 aliphatic heterocycles. The number of carbonyl (C=O) groups excluding carboxylic acids is 1. The molecule has 8 heteroatoms. The quantitative estimate of drug-likeness (QED) is 0.660. The van der Waals surface area contributed by atoms with Crippen LogP contribution in [0.3, 0.4) is 0 Å². The Bertz CT molecular complexity index is 791. The maximum atomic E-state index is 12.8. The molecular weight excluding hydrogens is 368 g/mol. The summed E-state index contributed by atoms with van der Waals surface area (Å²) in [7, 11) is 1.96. The predicted octanol–water partition coefficient (Wildman–Crippen LogP) is 1.31. The first-order valence-electron chi connectivity index (χ1n) is 9.24. The van der Waals surface area contributed by atoms with E-state index in [2.05, 4.69) is 4.90 Å². The Balaban J connectivity index is 1.69. The number of methoxy groups -OCH3 is 2. The average molecular weight is 397 g/mol. The van der Waals surface area contributed by atoms with Crippen molar-refractivity contribution in [1.82, 2.24) is 9.80 Å². The van der Waals surface area contributed by atoms with Crippen molar-refractivity contribution in [3.8, 4) is 11.5 Å². The second-order valence-electron chi connectivity index (χ2n) is 7.38. The molecule has 1 saturated carbocycles. The lowest BCUT2D eigenvalue weighted by atomic mass is 10.1. The number of nitrogens with zero attached hydrogens (tertiary/aromatic N) is 2. The summed E-state index contributed by atoms with van der Waals surface area (Å²) in [6.07, 6.45) is 2.67. The topological polar surface area (TPSA) is 76.2 Å². The molecule has 1 aromatic carbocycles. The third kappa shape index (κ3) is 4.93. The van der Waals surface area contributed by atoms with Crippen LogP contribution in [0, 0.1) is 0 Å². The minimum Gasteiger partial charge on any atom is -0.497 e. The molecule has 0 N–H and O–H groups in total. The molecule has 7 nitrogen and oxygen atoms in total. The molecule has 0 radical (unpaired) electrons. The maximum absolute atomic E-state index is 12.8. The summed E-state index contributed by atoms with van der Waals surface area (Å²) in [5.41, 5.74) is 0.975. The van der Waals surface area contributed by atoms with Gasteiger partial charge in [-0.2, -0.15) is 0 Å². The van der Waals surface area contributed by atoms with Gasteiger partial charge in [-0.25, -0.2) is 8.42 Å². The smallest absolute Gasteiger partial charge is 0.236 e. The Morgan fingerprint density at radius 3 is 2.44 bits per heavy atom. The van der Waals surface area contributed by atoms with Gasteiger partial charge < -0.3 is 14.4 Å². The first-order valence-corrected chi connectivity index (χ1v) is 11.1. The van der Waals surface area contributed by atoms with Crippen molar-refractivity contribution in [2.75, 3.05) is 39.3 Å². The van der Waals surface area contributed by atoms with Crippen LogP contribution in [-0.4, -0.2) is 75.5 Å². The van der Waals surface area contributed by atoms with Gasteiger partial charge >= 0.3 is 0 Å². The zero-order valence-electron chi connectivity index (χ0n) is 16.2. The van der Waals surface area contributed by atoms with Gasteiger partial charge in [0.25, 0.3) is 0 Å². The van der Waals surface area contributed by atoms with Gasteiger partial charge in [-0.05, 0) is 37.5 Å². The van der Waals surface area contributed by atoms with Crippen LogP contribution in [0.4, 0.5) is 0 Å². The van der Waals surface area contributed by atoms with Crippen LogP contribution in [0.15, 0.2) is 18.2 Å². The number of ether oxygens (including phenoxy) is 2. The lowest BCUT2D eigenvalue weighted by Gasteiger charge is -2.28. The van der Waals surface area contributed by atoms with E-state index < -0.39 is 9.84 Å². The number of sulfone groups is 1. The monoisotopic (exact) mass is 396 g/mol. The van der Waals surface area contributed by atoms with Gasteiger partial charge in [-0.1, -0.05) is 0 Å². The summed E-state index contributed by atoms with van der Waals surface area (Å²) >= 11 is 0. The predicted molar refractivity (Wildman–Crippen MR) is 103 cm³/mol. The van der Waals surface area contributed by atoms with Gasteiger partial charge in [0.2, 0.25) is 5.91 Å². The zero-order valence-corrected chi connectivity index (χ0v) is 17.0. The van der Waals surface area contributed by atoms with Gasteiger partial charge in [-0.3, -0.25) is 9.69 Å². The second kappa shape index (κ2) is 8.06. The van der Waals surface area contributed by atoms with E-state index in [-0.39, 0.29) is 30.0 Å². The number of hydrogen-bond donors (Lipinski definition) is 0. The minimum absolute atomic E-state index is 0.0362. The van der Waals surface area contributed by atoms with Crippen molar-refractivity contribution in [3.05, 3.63) is 23.8 Å². The summed E-state index contributed by atoms with van der Waals surface area (Å²) in [6.45, 7) is 0.867. The standard InChI is InChI=1S/C19H28N2O5S/c1-20(16-8-9-27(23,24)13-16)19(22)12-21(15-4-5-15)11-14-10-17(25-2)6-7-18(14)26-3/h6-7,10,15-16H,4-5,8-9,11-13H2,1-3H3. The molecule has 3 rings (SSSR count). The highest BCUT2D eigenvalue weighted by atomic mass is 32.2. The molecule has 2 aliphatic rings. The lowest BCUT2D eigenvalue weighted by Crippen LogP contribution is -2.44. The van der Waals surface area contributed by atoms with Crippen molar-refractivity contribution in [3.63, 3.8) is 0 Å². The van der Waals surface area contributed by atoms with Crippen LogP contribution < -0.4 is 9.47 Å². The van der Waals surface area contributed by atoms with Crippen LogP contribution in [0.2, 0.25) is 0 Å². The molecule has 1 heterocycles. The number of rotatable bonds is 8. The summed E-state index contributed by atoms with van der Waals surface area (Å²) in [4.78, 5) is 16.6. The minimum atomic E-state index is -3.01. The van der Waals surface area contributed by atoms with E-state index in [0.29, 0.717) is 19.0 Å². The first-order chi connectivity index (χ1) is 12.8. The van der Waals surface area contributed by atoms with E-state index in [1.807, 2.05) is 18.2 Å². The van der Waals surface area contributed by atoms with Crippen molar-refractivity contribution in [2.45, 2.75) is 37.9 Å². The fourth-order valence-corrected chi connectivity index (χ4v) is 5.32. The molecule has 0 bridgehead atoms. The van der Waals surface area contributed by atoms with Crippen LogP contribution in [0.25, 0.3) is 0 Å². The van der Waals surface area contributed by atoms with Crippen molar-refractivity contribution >= 4 is 15.7 Å². The lowest BCUT2D eigenvalue weighted by molar-refractivity contribution is -0.133. The Kier molecular flexibility index (Phi) is 5.95. The Hall–Kier alpha value is -1.80. The number of carbonyl (C=O) groups is 1. The summed E-state index contributed by atoms with van der Waals surface area (Å²) < 4.78 is 34.2. The van der Waals surface area contributed by atoms with Crippen molar-refractivity contribution < 1.29 is 22.7 Å². The molecule has 0 aromatic heterocycles. The number of hydrogen-bond acceptors (Lipinski definition) is 6. The molecule has 0 spiro atoms. The van der Waals surface area contributed by atoms with Crippen LogP contribution in [-0.2, 0) is 21.2 Å². The van der Waals surface area contributed by atoms with E-state index in [1.54, 1.807) is 26.2 Å². The highest BCUT2D eigenvalue weighted by molar-refractivity contribution is 7.91. The zero-order chi connectivity index (χ0) is 19.6. The van der Waals surface area contributed by atoms with Gasteiger partial charge in [0, 0.05) is 31.2 Å². The molecule has 1 atom stereocenters. The number of benzene rings is 1. The average Bonchev–Trinajstić information content (AvgIpc) is 3.43. The molecule has 150 valence electrons. The van der Waals surface area contributed by atoms with Gasteiger partial charge in [0.1, 0.15) is 11.5 Å². The highest BCUT2D eigenvalue weighted by Crippen LogP contribution is 2.32. The fourth-order valence-electron chi connectivity index (χ4n) is 3.55. The number of likely N-dealkylation sites (N-methyl/N-ethyl adjacent to an activating group) is 1. The van der Waals surface area contributed by atoms with Gasteiger partial charge in [0.15, 0.2) is 9.84 Å². The van der Waals surface area contributed by atoms with Crippen molar-refractivity contribution in [2.24, 2.45) is 0 Å². The third-order valence-corrected chi connectivity index (χ3v) is 7.16. The summed E-state index contributed by atoms with van der Waals surface area (Å²) in [5.74, 6) is 1.72. The van der Waals surface area contributed by atoms with E-state index in [9.17, 15) is 13.2 Å². The first kappa shape index (κ1) is 19.9. The molecule has 1 amide bonds. The fraction of sp³-hybridized carbons (Fsp3) is 0.632. The van der Waals surface area contributed by atoms with Crippen LogP contribution in [0.1, 0.15) is 24.8 Å². The van der Waals surface area contributed by atoms with E-state index >= 15 is 0 Å².